The molecule has 2 bridgehead atoms. The first kappa shape index (κ1) is 12.3. The Kier molecular flexibility index (Phi) is 3.10. The predicted molar refractivity (Wildman–Crippen MR) is 66.7 cm³/mol. The molecule has 0 saturated carbocycles. The van der Waals surface area contributed by atoms with Gasteiger partial charge in [0.15, 0.2) is 11.6 Å². The van der Waals surface area contributed by atoms with E-state index in [-0.39, 0.29) is 17.5 Å². The average Bonchev–Trinajstić information content (AvgIpc) is 2.71. The molecule has 2 aliphatic heterocycles. The number of halogens is 1. The zero-order valence-corrected chi connectivity index (χ0v) is 10.3. The Bertz CT molecular complexity index is 497. The van der Waals surface area contributed by atoms with Gasteiger partial charge in [-0.3, -0.25) is 10.1 Å². The van der Waals surface area contributed by atoms with Crippen LogP contribution < -0.4 is 10.1 Å². The highest BCUT2D eigenvalue weighted by molar-refractivity contribution is 5.37. The normalized spacial score (nSPS) is 29.2. The van der Waals surface area contributed by atoms with Crippen molar-refractivity contribution in [2.45, 2.75) is 43.9 Å². The first-order valence-electron chi connectivity index (χ1n) is 6.48. The fourth-order valence-corrected chi connectivity index (χ4v) is 2.98. The third kappa shape index (κ3) is 2.53. The molecular weight excluding hydrogens is 251 g/mol. The van der Waals surface area contributed by atoms with Gasteiger partial charge in [0.1, 0.15) is 6.10 Å². The summed E-state index contributed by atoms with van der Waals surface area (Å²) in [4.78, 5) is 9.93. The van der Waals surface area contributed by atoms with E-state index in [1.54, 1.807) is 0 Å². The number of piperidine rings is 1. The number of nitrogens with zero attached hydrogens (tertiary/aromatic N) is 1. The molecule has 2 fully saturated rings. The van der Waals surface area contributed by atoms with Gasteiger partial charge in [-0.2, -0.15) is 0 Å². The number of hydrogen-bond donors (Lipinski definition) is 1. The van der Waals surface area contributed by atoms with Crippen LogP contribution in [0.5, 0.6) is 5.75 Å². The van der Waals surface area contributed by atoms with E-state index in [4.69, 9.17) is 4.74 Å². The largest absolute Gasteiger partial charge is 0.487 e. The van der Waals surface area contributed by atoms with Gasteiger partial charge in [-0.25, -0.2) is 4.39 Å². The van der Waals surface area contributed by atoms with Crippen molar-refractivity contribution in [2.24, 2.45) is 0 Å². The van der Waals surface area contributed by atoms with Crippen molar-refractivity contribution in [3.05, 3.63) is 34.1 Å². The minimum atomic E-state index is -0.667. The van der Waals surface area contributed by atoms with E-state index < -0.39 is 10.7 Å². The molecule has 3 atom stereocenters. The summed E-state index contributed by atoms with van der Waals surface area (Å²) in [6.45, 7) is 0. The molecule has 19 heavy (non-hydrogen) atoms. The van der Waals surface area contributed by atoms with E-state index in [0.717, 1.165) is 31.7 Å². The van der Waals surface area contributed by atoms with Gasteiger partial charge in [0.25, 0.3) is 5.69 Å². The molecule has 0 amide bonds. The molecule has 1 aromatic carbocycles. The monoisotopic (exact) mass is 266 g/mol. The van der Waals surface area contributed by atoms with Crippen LogP contribution in [-0.2, 0) is 0 Å². The Balaban J connectivity index is 1.71. The summed E-state index contributed by atoms with van der Waals surface area (Å²) >= 11 is 0. The van der Waals surface area contributed by atoms with Crippen molar-refractivity contribution in [1.82, 2.24) is 5.32 Å². The van der Waals surface area contributed by atoms with Gasteiger partial charge < -0.3 is 10.1 Å². The maximum absolute atomic E-state index is 13.7. The number of nitro benzene ring substituents is 1. The highest BCUT2D eigenvalue weighted by Crippen LogP contribution is 2.31. The van der Waals surface area contributed by atoms with Crippen molar-refractivity contribution in [1.29, 1.82) is 0 Å². The molecule has 1 aromatic rings. The highest BCUT2D eigenvalue weighted by atomic mass is 19.1. The SMILES string of the molecule is O=[N+]([O-])c1ccc(O[C@@H]2C[C@H]3CC[C@@H](C2)N3)c(F)c1. The van der Waals surface area contributed by atoms with Gasteiger partial charge in [0, 0.05) is 18.2 Å². The molecule has 2 heterocycles. The number of non-ortho nitro benzene ring substituents is 1. The smallest absolute Gasteiger partial charge is 0.272 e. The Hall–Kier alpha value is -1.69. The third-order valence-corrected chi connectivity index (χ3v) is 3.85. The summed E-state index contributed by atoms with van der Waals surface area (Å²) < 4.78 is 19.4. The van der Waals surface area contributed by atoms with E-state index in [9.17, 15) is 14.5 Å². The van der Waals surface area contributed by atoms with Crippen LogP contribution in [0, 0.1) is 15.9 Å². The molecular formula is C13H15FN2O3. The lowest BCUT2D eigenvalue weighted by Crippen LogP contribution is -2.42. The number of fused-ring (bicyclic) bond motifs is 2. The molecule has 102 valence electrons. The van der Waals surface area contributed by atoms with Gasteiger partial charge in [0.05, 0.1) is 11.0 Å². The first-order valence-corrected chi connectivity index (χ1v) is 6.48. The van der Waals surface area contributed by atoms with Crippen molar-refractivity contribution < 1.29 is 14.1 Å². The zero-order chi connectivity index (χ0) is 13.4. The van der Waals surface area contributed by atoms with Crippen molar-refractivity contribution in [3.8, 4) is 5.75 Å². The van der Waals surface area contributed by atoms with Gasteiger partial charge in [-0.05, 0) is 31.7 Å². The van der Waals surface area contributed by atoms with Gasteiger partial charge in [-0.15, -0.1) is 0 Å². The van der Waals surface area contributed by atoms with E-state index in [2.05, 4.69) is 5.32 Å². The average molecular weight is 266 g/mol. The second-order valence-corrected chi connectivity index (χ2v) is 5.22. The van der Waals surface area contributed by atoms with Crippen LogP contribution in [-0.4, -0.2) is 23.1 Å². The molecule has 0 unspecified atom stereocenters. The van der Waals surface area contributed by atoms with E-state index >= 15 is 0 Å². The minimum absolute atomic E-state index is 0.00490. The quantitative estimate of drug-likeness (QED) is 0.674. The summed E-state index contributed by atoms with van der Waals surface area (Å²) in [6, 6.07) is 4.45. The lowest BCUT2D eigenvalue weighted by molar-refractivity contribution is -0.385. The summed E-state index contributed by atoms with van der Waals surface area (Å²) in [5.74, 6) is -0.558. The number of hydrogen-bond acceptors (Lipinski definition) is 4. The number of benzene rings is 1. The maximum atomic E-state index is 13.7. The van der Waals surface area contributed by atoms with Crippen LogP contribution in [0.15, 0.2) is 18.2 Å². The van der Waals surface area contributed by atoms with E-state index in [1.165, 1.54) is 12.1 Å². The molecule has 3 rings (SSSR count). The maximum Gasteiger partial charge on any atom is 0.272 e. The van der Waals surface area contributed by atoms with Crippen LogP contribution in [0.25, 0.3) is 0 Å². The zero-order valence-electron chi connectivity index (χ0n) is 10.3. The lowest BCUT2D eigenvalue weighted by Gasteiger charge is -2.29. The van der Waals surface area contributed by atoms with Gasteiger partial charge in [0.2, 0.25) is 0 Å². The second kappa shape index (κ2) is 4.77. The molecule has 1 N–H and O–H groups in total. The van der Waals surface area contributed by atoms with Crippen LogP contribution in [0.1, 0.15) is 25.7 Å². The van der Waals surface area contributed by atoms with Crippen LogP contribution in [0.3, 0.4) is 0 Å². The Labute approximate surface area is 109 Å². The molecule has 2 saturated heterocycles. The van der Waals surface area contributed by atoms with Gasteiger partial charge >= 0.3 is 0 Å². The molecule has 2 aliphatic rings. The summed E-state index contributed by atoms with van der Waals surface area (Å²) in [5, 5.41) is 14.0. The molecule has 0 radical (unpaired) electrons. The lowest BCUT2D eigenvalue weighted by atomic mass is 10.0. The van der Waals surface area contributed by atoms with E-state index in [0.29, 0.717) is 12.1 Å². The molecule has 5 nitrogen and oxygen atoms in total. The Morgan fingerprint density at radius 3 is 2.58 bits per heavy atom. The highest BCUT2D eigenvalue weighted by Gasteiger charge is 2.34. The Morgan fingerprint density at radius 1 is 1.32 bits per heavy atom. The summed E-state index contributed by atoms with van der Waals surface area (Å²) in [6.07, 6.45) is 4.02. The first-order chi connectivity index (χ1) is 9.11. The fraction of sp³-hybridized carbons (Fsp3) is 0.538. The fourth-order valence-electron chi connectivity index (χ4n) is 2.98. The number of nitrogens with one attached hydrogen (secondary N) is 1. The number of rotatable bonds is 3. The summed E-state index contributed by atoms with van der Waals surface area (Å²) in [7, 11) is 0. The summed E-state index contributed by atoms with van der Waals surface area (Å²) in [5.41, 5.74) is -0.254. The topological polar surface area (TPSA) is 64.4 Å². The Morgan fingerprint density at radius 2 is 2.00 bits per heavy atom. The third-order valence-electron chi connectivity index (χ3n) is 3.85. The van der Waals surface area contributed by atoms with Gasteiger partial charge in [-0.1, -0.05) is 0 Å². The van der Waals surface area contributed by atoms with E-state index in [1.807, 2.05) is 0 Å². The van der Waals surface area contributed by atoms with Crippen molar-refractivity contribution >= 4 is 5.69 Å². The van der Waals surface area contributed by atoms with Crippen LogP contribution in [0.4, 0.5) is 10.1 Å². The van der Waals surface area contributed by atoms with Crippen molar-refractivity contribution in [2.75, 3.05) is 0 Å². The predicted octanol–water partition coefficient (Wildman–Crippen LogP) is 2.40. The van der Waals surface area contributed by atoms with Crippen molar-refractivity contribution in [3.63, 3.8) is 0 Å². The molecule has 0 aliphatic carbocycles. The molecule has 6 heteroatoms. The second-order valence-electron chi connectivity index (χ2n) is 5.22. The van der Waals surface area contributed by atoms with Crippen LogP contribution >= 0.6 is 0 Å². The molecule has 0 aromatic heterocycles. The number of ether oxygens (including phenoxy) is 1. The standard InChI is InChI=1S/C13H15FN2O3/c14-12-7-10(16(17)18)3-4-13(12)19-11-5-8-1-2-9(6-11)15-8/h3-4,7-9,11,15H,1-2,5-6H2/t8-,9+,11-. The minimum Gasteiger partial charge on any atom is -0.487 e. The molecule has 0 spiro atoms. The number of nitro groups is 1. The van der Waals surface area contributed by atoms with Crippen LogP contribution in [0.2, 0.25) is 0 Å².